The monoisotopic (exact) mass is 1430 g/mol. The maximum absolute atomic E-state index is 5.43. The van der Waals surface area contributed by atoms with E-state index in [0.29, 0.717) is 61.0 Å². The number of hydrogen-bond acceptors (Lipinski definition) is 15. The van der Waals surface area contributed by atoms with E-state index < -0.39 is 0 Å². The Morgan fingerprint density at radius 2 is 0.520 bits per heavy atom. The summed E-state index contributed by atoms with van der Waals surface area (Å²) in [5.41, 5.74) is 0.0503. The van der Waals surface area contributed by atoms with Crippen LogP contribution in [-0.4, -0.2) is 194 Å². The van der Waals surface area contributed by atoms with Crippen molar-refractivity contribution < 1.29 is 71.1 Å². The standard InChI is InChI=1S/C8H18O.2C7H16O.5C6H14O.4C5H12O.2C4H10O.C3H8O/c1-4-6-8(3)9-7-5-2;1-4-6-7(3)8-5-2;1-4-6-8-7(3)5-2;1-5-7-6(2,3)4;1-4-5-6(2)7-3;1-4-5-7-6(2)3;1-4-6(3)7-5-2;1-3-5-6-7-4-2;1-4-5(2)6-3;2*1-4-6-5(2)3;1-3-5-6-4-2;1-4(2)5-3;1-3-5-4-2;1-3-4-2/h8H,4-7H2,1-3H3;2*7H,4-6H2,1-3H3;5H2,1-4H3;3*6H,4-5H2,1-3H3;3-6H2,1-2H3;3*5H,4H2,1-3H3;3-5H2,1-2H3;4H,1-3H3;3-4H2,1-2H3;3H2,1-2H3/t8-;2*7-;;6-;;6-;;5-;;;;;;/m111.1.1.1....../s1. The van der Waals surface area contributed by atoms with Gasteiger partial charge in [-0.15, -0.1) is 0 Å². The SMILES string of the molecule is CCCCOCC.CCCOC(C)C.CCCOCC.CCCO[C@H](C)CC.CCCO[C@H](C)CCC.CCC[C@@H](C)OC.CCC[C@@H](C)OCC.CCOC.CCOC(C)(C)C.CCOC(C)C.CCOC(C)C.CCOCC.CCO[C@H](C)CC.CC[C@@H](C)OC.COC(C)C. The Morgan fingerprint density at radius 3 is 0.673 bits per heavy atom. The summed E-state index contributed by atoms with van der Waals surface area (Å²) in [7, 11) is 6.86. The van der Waals surface area contributed by atoms with Crippen LogP contribution in [0, 0.1) is 0 Å². The molecule has 0 aromatic carbocycles. The van der Waals surface area contributed by atoms with Gasteiger partial charge in [-0.2, -0.15) is 0 Å². The van der Waals surface area contributed by atoms with Gasteiger partial charge in [0.1, 0.15) is 0 Å². The normalized spacial score (nSPS) is 11.7. The van der Waals surface area contributed by atoms with Crippen LogP contribution in [-0.2, 0) is 71.1 Å². The van der Waals surface area contributed by atoms with Crippen molar-refractivity contribution in [3.8, 4) is 0 Å². The maximum atomic E-state index is 5.43. The Balaban J connectivity index is -0.0000000581. The molecule has 15 heteroatoms. The van der Waals surface area contributed by atoms with Gasteiger partial charge in [-0.25, -0.2) is 0 Å². The molecule has 0 radical (unpaired) electrons. The number of unbranched alkanes of at least 4 members (excludes halogenated alkanes) is 1. The number of hydrogen-bond donors (Lipinski definition) is 0. The lowest BCUT2D eigenvalue weighted by molar-refractivity contribution is 0.00530. The number of ether oxygens (including phenoxy) is 15. The third kappa shape index (κ3) is 249. The molecule has 618 valence electrons. The first-order chi connectivity index (χ1) is 46.1. The molecule has 0 N–H and O–H groups in total. The van der Waals surface area contributed by atoms with Crippen LogP contribution in [0.4, 0.5) is 0 Å². The predicted octanol–water partition coefficient (Wildman–Crippen LogP) is 24.6. The smallest absolute Gasteiger partial charge is 0.0598 e. The second-order valence-electron chi connectivity index (χ2n) is 24.4. The van der Waals surface area contributed by atoms with Crippen molar-refractivity contribution in [2.24, 2.45) is 0 Å². The molecule has 0 rings (SSSR count). The van der Waals surface area contributed by atoms with Gasteiger partial charge in [-0.05, 0) is 258 Å². The van der Waals surface area contributed by atoms with Crippen molar-refractivity contribution >= 4 is 0 Å². The zero-order valence-corrected chi connectivity index (χ0v) is 75.6. The van der Waals surface area contributed by atoms with E-state index >= 15 is 0 Å². The molecule has 0 aliphatic rings. The van der Waals surface area contributed by atoms with Crippen molar-refractivity contribution in [3.63, 3.8) is 0 Å². The molecule has 0 bridgehead atoms. The van der Waals surface area contributed by atoms with Gasteiger partial charge in [-0.1, -0.05) is 102 Å². The second kappa shape index (κ2) is 136. The van der Waals surface area contributed by atoms with Crippen LogP contribution >= 0.6 is 0 Å². The lowest BCUT2D eigenvalue weighted by atomic mass is 10.2. The molecular weight excluding hydrogens is 1240 g/mol. The Hall–Kier alpha value is -0.600. The first-order valence-corrected chi connectivity index (χ1v) is 39.9. The topological polar surface area (TPSA) is 138 Å². The Kier molecular flexibility index (Phi) is 185. The fourth-order valence-corrected chi connectivity index (χ4v) is 5.45. The summed E-state index contributed by atoms with van der Waals surface area (Å²) in [6, 6.07) is 0. The average Bonchev–Trinajstić information content (AvgIpc) is 3.16. The summed E-state index contributed by atoms with van der Waals surface area (Å²) in [6.07, 6.45) is 21.8. The van der Waals surface area contributed by atoms with Gasteiger partial charge in [0.25, 0.3) is 0 Å². The Bertz CT molecular complexity index is 1030. The molecule has 15 nitrogen and oxygen atoms in total. The molecule has 0 aliphatic carbocycles. The largest absolute Gasteiger partial charge is 0.385 e. The number of rotatable bonds is 40. The van der Waals surface area contributed by atoms with Gasteiger partial charge in [0.05, 0.1) is 66.6 Å². The lowest BCUT2D eigenvalue weighted by Crippen LogP contribution is -2.18. The molecule has 0 spiro atoms. The molecule has 98 heavy (non-hydrogen) atoms. The second-order valence-corrected chi connectivity index (χ2v) is 24.4. The highest BCUT2D eigenvalue weighted by Crippen LogP contribution is 2.05. The fourth-order valence-electron chi connectivity index (χ4n) is 5.45. The van der Waals surface area contributed by atoms with E-state index in [9.17, 15) is 0 Å². The van der Waals surface area contributed by atoms with Crippen LogP contribution in [0.2, 0.25) is 0 Å². The quantitative estimate of drug-likeness (QED) is 0.0537. The molecular formula is C83H196O15. The van der Waals surface area contributed by atoms with Crippen molar-refractivity contribution in [2.75, 3.05) is 128 Å². The van der Waals surface area contributed by atoms with Crippen LogP contribution in [0.25, 0.3) is 0 Å². The van der Waals surface area contributed by atoms with Crippen LogP contribution in [0.15, 0.2) is 0 Å². The zero-order valence-electron chi connectivity index (χ0n) is 75.6. The van der Waals surface area contributed by atoms with Crippen molar-refractivity contribution in [2.45, 2.75) is 426 Å². The molecule has 0 amide bonds. The highest BCUT2D eigenvalue weighted by Gasteiger charge is 2.06. The van der Waals surface area contributed by atoms with Crippen LogP contribution < -0.4 is 0 Å². The summed E-state index contributed by atoms with van der Waals surface area (Å²) in [4.78, 5) is 0. The molecule has 0 heterocycles. The zero-order chi connectivity index (χ0) is 80.1. The number of methoxy groups -OCH3 is 4. The van der Waals surface area contributed by atoms with E-state index in [2.05, 4.69) is 157 Å². The van der Waals surface area contributed by atoms with E-state index in [0.717, 1.165) is 144 Å². The summed E-state index contributed by atoms with van der Waals surface area (Å²) in [6.45, 7) is 91.5. The van der Waals surface area contributed by atoms with Crippen molar-refractivity contribution in [1.82, 2.24) is 0 Å². The third-order valence-corrected chi connectivity index (χ3v) is 11.5. The van der Waals surface area contributed by atoms with E-state index in [-0.39, 0.29) is 5.60 Å². The maximum Gasteiger partial charge on any atom is 0.0598 e. The van der Waals surface area contributed by atoms with Crippen LogP contribution in [0.1, 0.15) is 359 Å². The van der Waals surface area contributed by atoms with Crippen LogP contribution in [0.5, 0.6) is 0 Å². The molecule has 0 fully saturated rings. The van der Waals surface area contributed by atoms with Gasteiger partial charge in [0, 0.05) is 128 Å². The Morgan fingerprint density at radius 1 is 0.235 bits per heavy atom. The molecule has 0 saturated heterocycles. The summed E-state index contributed by atoms with van der Waals surface area (Å²) >= 11 is 0. The van der Waals surface area contributed by atoms with E-state index in [1.165, 1.54) is 51.4 Å². The average molecular weight is 1430 g/mol. The van der Waals surface area contributed by atoms with Gasteiger partial charge in [-0.3, -0.25) is 0 Å². The third-order valence-electron chi connectivity index (χ3n) is 11.5. The summed E-state index contributed by atoms with van der Waals surface area (Å²) in [5, 5.41) is 0. The van der Waals surface area contributed by atoms with Crippen molar-refractivity contribution in [3.05, 3.63) is 0 Å². The molecule has 0 saturated carbocycles. The fraction of sp³-hybridized carbons (Fsp3) is 1.00. The minimum atomic E-state index is 0.0503. The summed E-state index contributed by atoms with van der Waals surface area (Å²) in [5.74, 6) is 0. The first-order valence-electron chi connectivity index (χ1n) is 39.9. The lowest BCUT2D eigenvalue weighted by Gasteiger charge is -2.17. The Labute approximate surface area is 621 Å². The van der Waals surface area contributed by atoms with E-state index in [4.69, 9.17) is 66.3 Å². The van der Waals surface area contributed by atoms with E-state index in [1.54, 1.807) is 28.4 Å². The first kappa shape index (κ1) is 133. The minimum absolute atomic E-state index is 0.0503. The van der Waals surface area contributed by atoms with Gasteiger partial charge >= 0.3 is 0 Å². The van der Waals surface area contributed by atoms with Crippen LogP contribution in [0.3, 0.4) is 0 Å². The van der Waals surface area contributed by atoms with Gasteiger partial charge in [0.2, 0.25) is 0 Å². The molecule has 6 atom stereocenters. The van der Waals surface area contributed by atoms with E-state index in [1.807, 2.05) is 111 Å². The van der Waals surface area contributed by atoms with Gasteiger partial charge in [0.15, 0.2) is 0 Å². The predicted molar refractivity (Wildman–Crippen MR) is 438 cm³/mol. The molecule has 0 aromatic rings. The highest BCUT2D eigenvalue weighted by atomic mass is 16.5. The minimum Gasteiger partial charge on any atom is -0.385 e. The molecule has 0 aromatic heterocycles. The van der Waals surface area contributed by atoms with Crippen molar-refractivity contribution in [1.29, 1.82) is 0 Å². The molecule has 0 aliphatic heterocycles. The molecule has 0 unspecified atom stereocenters. The summed E-state index contributed by atoms with van der Waals surface area (Å²) < 4.78 is 75.8. The highest BCUT2D eigenvalue weighted by molar-refractivity contribution is 4.56. The van der Waals surface area contributed by atoms with Gasteiger partial charge < -0.3 is 71.1 Å².